The number of piperidine rings is 1. The molecule has 21 heavy (non-hydrogen) atoms. The minimum Gasteiger partial charge on any atom is -0.342 e. The van der Waals surface area contributed by atoms with Gasteiger partial charge in [0, 0.05) is 32.4 Å². The molecule has 1 aliphatic heterocycles. The summed E-state index contributed by atoms with van der Waals surface area (Å²) >= 11 is 1.70. The van der Waals surface area contributed by atoms with Crippen molar-refractivity contribution in [1.82, 2.24) is 9.88 Å². The monoisotopic (exact) mass is 302 g/mol. The lowest BCUT2D eigenvalue weighted by Gasteiger charge is -2.26. The normalized spacial score (nSPS) is 15.6. The highest BCUT2D eigenvalue weighted by molar-refractivity contribution is 7.18. The van der Waals surface area contributed by atoms with E-state index in [2.05, 4.69) is 11.1 Å². The minimum atomic E-state index is 0.170. The molecule has 0 radical (unpaired) electrons. The number of aromatic nitrogens is 1. The van der Waals surface area contributed by atoms with Crippen molar-refractivity contribution in [2.45, 2.75) is 32.1 Å². The van der Waals surface area contributed by atoms with E-state index in [4.69, 9.17) is 0 Å². The van der Waals surface area contributed by atoms with E-state index in [1.165, 1.54) is 4.70 Å². The van der Waals surface area contributed by atoms with Crippen LogP contribution in [0, 0.1) is 0 Å². The van der Waals surface area contributed by atoms with Crippen LogP contribution in [0.1, 0.15) is 30.7 Å². The Morgan fingerprint density at radius 1 is 1.24 bits per heavy atom. The number of hydrogen-bond acceptors (Lipinski definition) is 4. The second-order valence-electron chi connectivity index (χ2n) is 5.35. The van der Waals surface area contributed by atoms with E-state index >= 15 is 0 Å². The van der Waals surface area contributed by atoms with Gasteiger partial charge in [-0.05, 0) is 25.0 Å². The van der Waals surface area contributed by atoms with E-state index in [1.54, 1.807) is 11.3 Å². The molecule has 3 rings (SSSR count). The highest BCUT2D eigenvalue weighted by atomic mass is 32.1. The molecule has 1 saturated heterocycles. The highest BCUT2D eigenvalue weighted by Crippen LogP contribution is 2.22. The predicted octanol–water partition coefficient (Wildman–Crippen LogP) is 2.81. The Balaban J connectivity index is 1.49. The van der Waals surface area contributed by atoms with Gasteiger partial charge in [0.2, 0.25) is 5.91 Å². The fraction of sp³-hybridized carbons (Fsp3) is 0.438. The van der Waals surface area contributed by atoms with Crippen LogP contribution >= 0.6 is 11.3 Å². The Labute approximate surface area is 127 Å². The van der Waals surface area contributed by atoms with Gasteiger partial charge in [-0.25, -0.2) is 4.98 Å². The van der Waals surface area contributed by atoms with Crippen molar-refractivity contribution in [2.75, 3.05) is 13.1 Å². The summed E-state index contributed by atoms with van der Waals surface area (Å²) in [6.07, 6.45) is 3.25. The van der Waals surface area contributed by atoms with E-state index in [1.807, 2.05) is 23.1 Å². The first kappa shape index (κ1) is 14.2. The van der Waals surface area contributed by atoms with E-state index in [0.29, 0.717) is 32.4 Å². The van der Waals surface area contributed by atoms with E-state index in [9.17, 15) is 9.59 Å². The summed E-state index contributed by atoms with van der Waals surface area (Å²) in [6, 6.07) is 8.11. The standard InChI is InChI=1S/C16H18N2O2S/c19-12-8-10-18(11-9-12)16(20)7-3-6-15-17-13-4-1-2-5-14(13)21-15/h1-2,4-5H,3,6-11H2. The van der Waals surface area contributed by atoms with Crippen LogP contribution in [0.4, 0.5) is 0 Å². The Hall–Kier alpha value is -1.75. The lowest BCUT2D eigenvalue weighted by Crippen LogP contribution is -2.38. The van der Waals surface area contributed by atoms with Crippen molar-refractivity contribution in [2.24, 2.45) is 0 Å². The van der Waals surface area contributed by atoms with E-state index < -0.39 is 0 Å². The molecule has 0 aliphatic carbocycles. The predicted molar refractivity (Wildman–Crippen MR) is 83.4 cm³/mol. The maximum Gasteiger partial charge on any atom is 0.222 e. The third-order valence-corrected chi connectivity index (χ3v) is 4.89. The first-order chi connectivity index (χ1) is 10.2. The van der Waals surface area contributed by atoms with Gasteiger partial charge in [-0.2, -0.15) is 0 Å². The molecule has 1 fully saturated rings. The first-order valence-electron chi connectivity index (χ1n) is 7.36. The number of amides is 1. The van der Waals surface area contributed by atoms with Gasteiger partial charge >= 0.3 is 0 Å². The van der Waals surface area contributed by atoms with Gasteiger partial charge in [0.15, 0.2) is 0 Å². The van der Waals surface area contributed by atoms with Crippen LogP contribution in [-0.2, 0) is 16.0 Å². The van der Waals surface area contributed by atoms with E-state index in [0.717, 1.165) is 23.4 Å². The third-order valence-electron chi connectivity index (χ3n) is 3.79. The highest BCUT2D eigenvalue weighted by Gasteiger charge is 2.20. The van der Waals surface area contributed by atoms with Gasteiger partial charge in [0.25, 0.3) is 0 Å². The number of hydrogen-bond donors (Lipinski definition) is 0. The summed E-state index contributed by atoms with van der Waals surface area (Å²) in [5, 5.41) is 1.10. The minimum absolute atomic E-state index is 0.170. The average Bonchev–Trinajstić information content (AvgIpc) is 2.90. The van der Waals surface area contributed by atoms with Crippen molar-refractivity contribution in [3.05, 3.63) is 29.3 Å². The summed E-state index contributed by atoms with van der Waals surface area (Å²) < 4.78 is 1.20. The Bertz CT molecular complexity index is 622. The molecule has 4 nitrogen and oxygen atoms in total. The van der Waals surface area contributed by atoms with Crippen molar-refractivity contribution in [1.29, 1.82) is 0 Å². The van der Waals surface area contributed by atoms with Crippen LogP contribution in [0.25, 0.3) is 10.2 Å². The van der Waals surface area contributed by atoms with Crippen molar-refractivity contribution < 1.29 is 9.59 Å². The zero-order valence-electron chi connectivity index (χ0n) is 11.9. The molecule has 5 heteroatoms. The number of rotatable bonds is 4. The number of aryl methyl sites for hydroxylation is 1. The lowest BCUT2D eigenvalue weighted by molar-refractivity contribution is -0.134. The van der Waals surface area contributed by atoms with Crippen LogP contribution in [-0.4, -0.2) is 34.7 Å². The smallest absolute Gasteiger partial charge is 0.222 e. The summed E-state index contributed by atoms with van der Waals surface area (Å²) in [5.74, 6) is 0.442. The number of carbonyl (C=O) groups is 2. The molecule has 1 amide bonds. The van der Waals surface area contributed by atoms with Crippen molar-refractivity contribution in [3.8, 4) is 0 Å². The molecular weight excluding hydrogens is 284 g/mol. The van der Waals surface area contributed by atoms with Gasteiger partial charge in [-0.3, -0.25) is 9.59 Å². The first-order valence-corrected chi connectivity index (χ1v) is 8.18. The zero-order valence-corrected chi connectivity index (χ0v) is 12.7. The Kier molecular flexibility index (Phi) is 4.29. The van der Waals surface area contributed by atoms with Gasteiger partial charge in [-0.1, -0.05) is 12.1 Å². The number of benzene rings is 1. The number of thiazole rings is 1. The van der Waals surface area contributed by atoms with Crippen molar-refractivity contribution >= 4 is 33.2 Å². The zero-order chi connectivity index (χ0) is 14.7. The largest absolute Gasteiger partial charge is 0.342 e. The van der Waals surface area contributed by atoms with Crippen LogP contribution in [0.5, 0.6) is 0 Å². The molecule has 0 unspecified atom stereocenters. The molecule has 0 N–H and O–H groups in total. The number of nitrogens with zero attached hydrogens (tertiary/aromatic N) is 2. The Morgan fingerprint density at radius 2 is 2.00 bits per heavy atom. The van der Waals surface area contributed by atoms with Gasteiger partial charge in [0.05, 0.1) is 15.2 Å². The number of Topliss-reactive ketones (excluding diaryl/α,β-unsaturated/α-hetero) is 1. The third kappa shape index (κ3) is 3.47. The van der Waals surface area contributed by atoms with Gasteiger partial charge in [0.1, 0.15) is 5.78 Å². The molecule has 1 aromatic carbocycles. The summed E-state index contributed by atoms with van der Waals surface area (Å²) in [4.78, 5) is 29.6. The molecule has 0 bridgehead atoms. The number of likely N-dealkylation sites (tertiary alicyclic amines) is 1. The van der Waals surface area contributed by atoms with Crippen molar-refractivity contribution in [3.63, 3.8) is 0 Å². The number of fused-ring (bicyclic) bond motifs is 1. The molecule has 1 aliphatic rings. The summed E-state index contributed by atoms with van der Waals surface area (Å²) in [6.45, 7) is 1.19. The second kappa shape index (κ2) is 6.35. The molecular formula is C16H18N2O2S. The molecule has 0 atom stereocenters. The average molecular weight is 302 g/mol. The lowest BCUT2D eigenvalue weighted by atomic mass is 10.1. The van der Waals surface area contributed by atoms with Gasteiger partial charge in [-0.15, -0.1) is 11.3 Å². The maximum atomic E-state index is 12.1. The van der Waals surface area contributed by atoms with Gasteiger partial charge < -0.3 is 4.90 Å². The summed E-state index contributed by atoms with van der Waals surface area (Å²) in [7, 11) is 0. The van der Waals surface area contributed by atoms with Crippen LogP contribution < -0.4 is 0 Å². The molecule has 1 aromatic heterocycles. The summed E-state index contributed by atoms with van der Waals surface area (Å²) in [5.41, 5.74) is 1.04. The molecule has 2 heterocycles. The topological polar surface area (TPSA) is 50.3 Å². The van der Waals surface area contributed by atoms with Crippen LogP contribution in [0.3, 0.4) is 0 Å². The SMILES string of the molecule is O=C1CCN(C(=O)CCCc2nc3ccccc3s2)CC1. The van der Waals surface area contributed by atoms with Crippen LogP contribution in [0.2, 0.25) is 0 Å². The number of ketones is 1. The fourth-order valence-electron chi connectivity index (χ4n) is 2.58. The quantitative estimate of drug-likeness (QED) is 0.872. The maximum absolute atomic E-state index is 12.1. The molecule has 110 valence electrons. The fourth-order valence-corrected chi connectivity index (χ4v) is 3.59. The number of para-hydroxylation sites is 1. The number of carbonyl (C=O) groups excluding carboxylic acids is 2. The molecule has 2 aromatic rings. The van der Waals surface area contributed by atoms with E-state index in [-0.39, 0.29) is 11.7 Å². The van der Waals surface area contributed by atoms with Crippen LogP contribution in [0.15, 0.2) is 24.3 Å². The Morgan fingerprint density at radius 3 is 2.76 bits per heavy atom. The molecule has 0 spiro atoms. The molecule has 0 saturated carbocycles. The second-order valence-corrected chi connectivity index (χ2v) is 6.46.